The van der Waals surface area contributed by atoms with Crippen molar-refractivity contribution in [1.82, 2.24) is 9.97 Å². The van der Waals surface area contributed by atoms with Crippen molar-refractivity contribution >= 4 is 43.5 Å². The fourth-order valence-corrected chi connectivity index (χ4v) is 7.50. The summed E-state index contributed by atoms with van der Waals surface area (Å²) >= 11 is 0. The van der Waals surface area contributed by atoms with Crippen molar-refractivity contribution in [1.29, 1.82) is 0 Å². The number of aromatic nitrogens is 2. The Labute approximate surface area is 295 Å². The summed E-state index contributed by atoms with van der Waals surface area (Å²) in [7, 11) is 0. The Morgan fingerprint density at radius 3 is 1.35 bits per heavy atom. The summed E-state index contributed by atoms with van der Waals surface area (Å²) < 4.78 is 6.14. The van der Waals surface area contributed by atoms with Crippen molar-refractivity contribution in [2.75, 3.05) is 0 Å². The summed E-state index contributed by atoms with van der Waals surface area (Å²) in [5.74, 6) is 0.699. The summed E-state index contributed by atoms with van der Waals surface area (Å²) in [5.41, 5.74) is 11.4. The van der Waals surface area contributed by atoms with Crippen molar-refractivity contribution in [2.45, 2.75) is 0 Å². The Kier molecular flexibility index (Phi) is 6.81. The van der Waals surface area contributed by atoms with Crippen molar-refractivity contribution in [3.63, 3.8) is 0 Å². The first-order chi connectivity index (χ1) is 25.3. The van der Waals surface area contributed by atoms with Crippen LogP contribution in [-0.2, 0) is 0 Å². The molecule has 0 bridgehead atoms. The van der Waals surface area contributed by atoms with Crippen molar-refractivity contribution in [3.05, 3.63) is 182 Å². The monoisotopic (exact) mass is 650 g/mol. The molecule has 3 heteroatoms. The maximum Gasteiger partial charge on any atom is 0.160 e. The van der Waals surface area contributed by atoms with Crippen LogP contribution in [0.5, 0.6) is 0 Å². The van der Waals surface area contributed by atoms with E-state index in [1.165, 1.54) is 27.5 Å². The highest BCUT2D eigenvalue weighted by Gasteiger charge is 2.17. The van der Waals surface area contributed by atoms with E-state index in [4.69, 9.17) is 14.4 Å². The molecule has 2 heterocycles. The van der Waals surface area contributed by atoms with Crippen molar-refractivity contribution < 1.29 is 4.42 Å². The van der Waals surface area contributed by atoms with Crippen LogP contribution >= 0.6 is 0 Å². The largest absolute Gasteiger partial charge is 0.456 e. The Balaban J connectivity index is 1.17. The lowest BCUT2D eigenvalue weighted by atomic mass is 9.91. The highest BCUT2D eigenvalue weighted by Crippen LogP contribution is 2.41. The van der Waals surface area contributed by atoms with E-state index >= 15 is 0 Å². The standard InChI is InChI=1S/C48H30N2O/c1-3-13-31(14-4-1)34-24-26-40(38-19-9-7-17-36(34)38)44-30-45(50-48(49-44)32-15-5-2-6-16-32)41-27-25-35(37-18-8-10-20-39(37)41)33-23-28-47-43(29-33)42-21-11-12-22-46(42)51-47/h1-30H. The Bertz CT molecular complexity index is 2910. The lowest BCUT2D eigenvalue weighted by Gasteiger charge is -2.15. The molecule has 10 aromatic rings. The van der Waals surface area contributed by atoms with Gasteiger partial charge in [-0.25, -0.2) is 9.97 Å². The van der Waals surface area contributed by atoms with Crippen LogP contribution < -0.4 is 0 Å². The fraction of sp³-hybridized carbons (Fsp3) is 0. The molecular formula is C48H30N2O. The second kappa shape index (κ2) is 11.9. The SMILES string of the molecule is c1ccc(-c2nc(-c3ccc(-c4ccccc4)c4ccccc34)cc(-c3ccc(-c4ccc5oc6ccccc6c5c4)c4ccccc34)n2)cc1. The maximum atomic E-state index is 6.14. The molecule has 0 radical (unpaired) electrons. The second-order valence-electron chi connectivity index (χ2n) is 12.9. The third-order valence-electron chi connectivity index (χ3n) is 9.93. The summed E-state index contributed by atoms with van der Waals surface area (Å²) in [6.45, 7) is 0. The fourth-order valence-electron chi connectivity index (χ4n) is 7.50. The molecule has 0 unspecified atom stereocenters. The summed E-state index contributed by atoms with van der Waals surface area (Å²) in [6, 6.07) is 63.9. The van der Waals surface area contributed by atoms with E-state index in [0.717, 1.165) is 66.4 Å². The molecule has 0 aliphatic rings. The van der Waals surface area contributed by atoms with Gasteiger partial charge in [0.15, 0.2) is 5.82 Å². The van der Waals surface area contributed by atoms with E-state index in [1.807, 2.05) is 30.3 Å². The van der Waals surface area contributed by atoms with Gasteiger partial charge in [-0.3, -0.25) is 0 Å². The Hall–Kier alpha value is -6.84. The molecule has 10 rings (SSSR count). The van der Waals surface area contributed by atoms with Gasteiger partial charge < -0.3 is 4.42 Å². The third-order valence-corrected chi connectivity index (χ3v) is 9.93. The zero-order chi connectivity index (χ0) is 33.7. The minimum Gasteiger partial charge on any atom is -0.456 e. The van der Waals surface area contributed by atoms with E-state index in [9.17, 15) is 0 Å². The molecule has 238 valence electrons. The highest BCUT2D eigenvalue weighted by molar-refractivity contribution is 6.10. The minimum absolute atomic E-state index is 0.699. The van der Waals surface area contributed by atoms with E-state index in [-0.39, 0.29) is 0 Å². The number of benzene rings is 8. The summed E-state index contributed by atoms with van der Waals surface area (Å²) in [4.78, 5) is 10.5. The van der Waals surface area contributed by atoms with Gasteiger partial charge in [0, 0.05) is 27.5 Å². The molecule has 0 amide bonds. The molecule has 0 saturated heterocycles. The van der Waals surface area contributed by atoms with Gasteiger partial charge >= 0.3 is 0 Å². The van der Waals surface area contributed by atoms with Gasteiger partial charge in [0.05, 0.1) is 11.4 Å². The smallest absolute Gasteiger partial charge is 0.160 e. The first-order valence-electron chi connectivity index (χ1n) is 17.2. The second-order valence-corrected chi connectivity index (χ2v) is 12.9. The zero-order valence-corrected chi connectivity index (χ0v) is 27.6. The van der Waals surface area contributed by atoms with Crippen LogP contribution in [-0.4, -0.2) is 9.97 Å². The topological polar surface area (TPSA) is 38.9 Å². The number of furan rings is 1. The summed E-state index contributed by atoms with van der Waals surface area (Å²) in [6.07, 6.45) is 0. The molecule has 0 atom stereocenters. The molecule has 0 saturated carbocycles. The van der Waals surface area contributed by atoms with Crippen LogP contribution in [0.1, 0.15) is 0 Å². The van der Waals surface area contributed by atoms with Crippen LogP contribution in [0, 0.1) is 0 Å². The van der Waals surface area contributed by atoms with Gasteiger partial charge in [0.1, 0.15) is 11.2 Å². The molecule has 0 N–H and O–H groups in total. The minimum atomic E-state index is 0.699. The molecule has 0 aliphatic carbocycles. The summed E-state index contributed by atoms with van der Waals surface area (Å²) in [5, 5.41) is 6.90. The number of fused-ring (bicyclic) bond motifs is 5. The lowest BCUT2D eigenvalue weighted by Crippen LogP contribution is -1.97. The van der Waals surface area contributed by atoms with Gasteiger partial charge in [-0.2, -0.15) is 0 Å². The number of rotatable bonds is 5. The van der Waals surface area contributed by atoms with E-state index in [2.05, 4.69) is 152 Å². The lowest BCUT2D eigenvalue weighted by molar-refractivity contribution is 0.669. The van der Waals surface area contributed by atoms with Gasteiger partial charge in [-0.1, -0.05) is 158 Å². The van der Waals surface area contributed by atoms with Crippen LogP contribution in [0.2, 0.25) is 0 Å². The van der Waals surface area contributed by atoms with E-state index in [1.54, 1.807) is 0 Å². The van der Waals surface area contributed by atoms with E-state index in [0.29, 0.717) is 5.82 Å². The predicted molar refractivity (Wildman–Crippen MR) is 212 cm³/mol. The normalized spacial score (nSPS) is 11.5. The molecule has 3 nitrogen and oxygen atoms in total. The van der Waals surface area contributed by atoms with Gasteiger partial charge in [-0.05, 0) is 68.1 Å². The molecule has 0 spiro atoms. The number of hydrogen-bond donors (Lipinski definition) is 0. The van der Waals surface area contributed by atoms with Crippen LogP contribution in [0.4, 0.5) is 0 Å². The molecule has 0 aliphatic heterocycles. The number of nitrogens with zero attached hydrogens (tertiary/aromatic N) is 2. The average Bonchev–Trinajstić information content (AvgIpc) is 3.58. The van der Waals surface area contributed by atoms with Crippen LogP contribution in [0.3, 0.4) is 0 Å². The highest BCUT2D eigenvalue weighted by atomic mass is 16.3. The zero-order valence-electron chi connectivity index (χ0n) is 27.6. The first kappa shape index (κ1) is 29.1. The van der Waals surface area contributed by atoms with Gasteiger partial charge in [0.2, 0.25) is 0 Å². The van der Waals surface area contributed by atoms with Crippen molar-refractivity contribution in [2.24, 2.45) is 0 Å². The molecule has 51 heavy (non-hydrogen) atoms. The Morgan fingerprint density at radius 1 is 0.294 bits per heavy atom. The van der Waals surface area contributed by atoms with Gasteiger partial charge in [-0.15, -0.1) is 0 Å². The van der Waals surface area contributed by atoms with Crippen molar-refractivity contribution in [3.8, 4) is 56.2 Å². The van der Waals surface area contributed by atoms with E-state index < -0.39 is 0 Å². The van der Waals surface area contributed by atoms with Crippen LogP contribution in [0.25, 0.3) is 99.6 Å². The van der Waals surface area contributed by atoms with Gasteiger partial charge in [0.25, 0.3) is 0 Å². The maximum absolute atomic E-state index is 6.14. The third kappa shape index (κ3) is 4.98. The molecule has 2 aromatic heterocycles. The molecule has 8 aromatic carbocycles. The molecular weight excluding hydrogens is 621 g/mol. The number of para-hydroxylation sites is 1. The predicted octanol–water partition coefficient (Wildman–Crippen LogP) is 13.0. The average molecular weight is 651 g/mol. The quantitative estimate of drug-likeness (QED) is 0.186. The first-order valence-corrected chi connectivity index (χ1v) is 17.2. The Morgan fingerprint density at radius 2 is 0.745 bits per heavy atom. The number of hydrogen-bond acceptors (Lipinski definition) is 3. The van der Waals surface area contributed by atoms with Crippen LogP contribution in [0.15, 0.2) is 186 Å². The molecule has 0 fully saturated rings.